The summed E-state index contributed by atoms with van der Waals surface area (Å²) in [5.74, 6) is 1.40. The Hall–Kier alpha value is -2.78. The van der Waals surface area contributed by atoms with Gasteiger partial charge in [0.25, 0.3) is 11.5 Å². The number of furan rings is 1. The first kappa shape index (κ1) is 16.7. The van der Waals surface area contributed by atoms with Crippen LogP contribution >= 0.6 is 22.7 Å². The highest BCUT2D eigenvalue weighted by atomic mass is 32.1. The molecule has 0 spiro atoms. The number of hydrogen-bond donors (Lipinski definition) is 1. The van der Waals surface area contributed by atoms with Crippen LogP contribution in [0.15, 0.2) is 32.8 Å². The number of aromatic nitrogens is 3. The Bertz CT molecular complexity index is 1200. The largest absolute Gasteiger partial charge is 0.459 e. The molecule has 9 heteroatoms. The van der Waals surface area contributed by atoms with Crippen molar-refractivity contribution in [2.24, 2.45) is 0 Å². The van der Waals surface area contributed by atoms with E-state index in [-0.39, 0.29) is 5.56 Å². The van der Waals surface area contributed by atoms with E-state index >= 15 is 0 Å². The molecule has 0 saturated carbocycles. The fourth-order valence-corrected chi connectivity index (χ4v) is 4.28. The zero-order chi connectivity index (χ0) is 18.4. The van der Waals surface area contributed by atoms with E-state index < -0.39 is 5.91 Å². The van der Waals surface area contributed by atoms with Gasteiger partial charge in [0.15, 0.2) is 10.8 Å². The first-order valence-corrected chi connectivity index (χ1v) is 9.46. The van der Waals surface area contributed by atoms with E-state index in [9.17, 15) is 9.59 Å². The molecule has 0 radical (unpaired) electrons. The lowest BCUT2D eigenvalue weighted by Crippen LogP contribution is -2.35. The maximum atomic E-state index is 12.7. The summed E-state index contributed by atoms with van der Waals surface area (Å²) in [6, 6.07) is 5.36. The maximum absolute atomic E-state index is 12.7. The Morgan fingerprint density at radius 2 is 2.00 bits per heavy atom. The van der Waals surface area contributed by atoms with Crippen LogP contribution in [0.5, 0.6) is 0 Å². The van der Waals surface area contributed by atoms with Gasteiger partial charge in [-0.2, -0.15) is 0 Å². The highest BCUT2D eigenvalue weighted by Crippen LogP contribution is 2.29. The number of nitrogens with zero attached hydrogens (tertiary/aromatic N) is 3. The number of aryl methyl sites for hydroxylation is 3. The second-order valence-electron chi connectivity index (χ2n) is 5.72. The standard InChI is InChI=1S/C17H14N4O3S2/c1-8-4-5-12(24-8)16-18-9(2)13(26-16)14(22)20-21-10(3)19-15-11(17(21)23)6-7-25-15/h4-7H,1-3H3,(H,20,22). The molecule has 4 heterocycles. The number of carbonyl (C=O) groups excluding carboxylic acids is 1. The molecule has 0 aliphatic rings. The lowest BCUT2D eigenvalue weighted by molar-refractivity contribution is 0.101. The third kappa shape index (κ3) is 2.74. The normalized spacial score (nSPS) is 11.2. The summed E-state index contributed by atoms with van der Waals surface area (Å²) in [5, 5.41) is 2.90. The molecule has 4 aromatic heterocycles. The van der Waals surface area contributed by atoms with Crippen LogP contribution in [-0.4, -0.2) is 20.6 Å². The number of hydrogen-bond acceptors (Lipinski definition) is 7. The Morgan fingerprint density at radius 3 is 2.73 bits per heavy atom. The molecule has 0 bridgehead atoms. The summed E-state index contributed by atoms with van der Waals surface area (Å²) in [6.45, 7) is 5.28. The Balaban J connectivity index is 1.69. The van der Waals surface area contributed by atoms with Crippen molar-refractivity contribution in [3.8, 4) is 10.8 Å². The predicted molar refractivity (Wildman–Crippen MR) is 102 cm³/mol. The number of fused-ring (bicyclic) bond motifs is 1. The molecule has 0 unspecified atom stereocenters. The van der Waals surface area contributed by atoms with Crippen molar-refractivity contribution in [2.75, 3.05) is 5.43 Å². The van der Waals surface area contributed by atoms with Gasteiger partial charge < -0.3 is 4.42 Å². The molecule has 0 fully saturated rings. The molecular formula is C17H14N4O3S2. The quantitative estimate of drug-likeness (QED) is 0.582. The molecule has 7 nitrogen and oxygen atoms in total. The Labute approximate surface area is 155 Å². The molecule has 1 amide bonds. The van der Waals surface area contributed by atoms with Crippen LogP contribution < -0.4 is 11.0 Å². The lowest BCUT2D eigenvalue weighted by Gasteiger charge is -2.10. The first-order valence-electron chi connectivity index (χ1n) is 7.76. The van der Waals surface area contributed by atoms with Crippen LogP contribution in [0.3, 0.4) is 0 Å². The van der Waals surface area contributed by atoms with Crippen LogP contribution in [0.1, 0.15) is 27.0 Å². The van der Waals surface area contributed by atoms with Gasteiger partial charge in [-0.25, -0.2) is 14.6 Å². The van der Waals surface area contributed by atoms with E-state index in [4.69, 9.17) is 4.42 Å². The summed E-state index contributed by atoms with van der Waals surface area (Å²) in [7, 11) is 0. The van der Waals surface area contributed by atoms with Crippen molar-refractivity contribution in [3.05, 3.63) is 56.1 Å². The number of thiophene rings is 1. The molecule has 0 aromatic carbocycles. The summed E-state index contributed by atoms with van der Waals surface area (Å²) >= 11 is 2.61. The fraction of sp³-hybridized carbons (Fsp3) is 0.176. The monoisotopic (exact) mass is 386 g/mol. The van der Waals surface area contributed by atoms with E-state index in [1.165, 1.54) is 27.3 Å². The molecule has 26 heavy (non-hydrogen) atoms. The highest BCUT2D eigenvalue weighted by molar-refractivity contribution is 7.17. The molecule has 1 N–H and O–H groups in total. The van der Waals surface area contributed by atoms with Gasteiger partial charge in [-0.1, -0.05) is 0 Å². The molecular weight excluding hydrogens is 372 g/mol. The summed E-state index contributed by atoms with van der Waals surface area (Å²) in [5.41, 5.74) is 2.91. The highest BCUT2D eigenvalue weighted by Gasteiger charge is 2.20. The van der Waals surface area contributed by atoms with Crippen molar-refractivity contribution in [1.82, 2.24) is 14.6 Å². The average molecular weight is 386 g/mol. The average Bonchev–Trinajstić information content (AvgIpc) is 3.31. The molecule has 4 aromatic rings. The van der Waals surface area contributed by atoms with Crippen molar-refractivity contribution < 1.29 is 9.21 Å². The van der Waals surface area contributed by atoms with E-state index in [1.54, 1.807) is 25.3 Å². The Morgan fingerprint density at radius 1 is 1.19 bits per heavy atom. The summed E-state index contributed by atoms with van der Waals surface area (Å²) < 4.78 is 6.74. The summed E-state index contributed by atoms with van der Waals surface area (Å²) in [4.78, 5) is 35.1. The van der Waals surface area contributed by atoms with E-state index in [2.05, 4.69) is 15.4 Å². The van der Waals surface area contributed by atoms with Gasteiger partial charge in [0.1, 0.15) is 21.3 Å². The van der Waals surface area contributed by atoms with Crippen LogP contribution in [-0.2, 0) is 0 Å². The predicted octanol–water partition coefficient (Wildman–Crippen LogP) is 3.48. The lowest BCUT2D eigenvalue weighted by atomic mass is 10.4. The number of nitrogens with one attached hydrogen (secondary N) is 1. The van der Waals surface area contributed by atoms with Crippen LogP contribution in [0.25, 0.3) is 21.0 Å². The van der Waals surface area contributed by atoms with Gasteiger partial charge in [0.2, 0.25) is 0 Å². The van der Waals surface area contributed by atoms with Crippen LogP contribution in [0.4, 0.5) is 0 Å². The zero-order valence-corrected chi connectivity index (χ0v) is 15.8. The number of thiazole rings is 1. The van der Waals surface area contributed by atoms with E-state index in [0.717, 1.165) is 5.76 Å². The van der Waals surface area contributed by atoms with Gasteiger partial charge in [-0.05, 0) is 44.4 Å². The van der Waals surface area contributed by atoms with Crippen molar-refractivity contribution in [3.63, 3.8) is 0 Å². The second kappa shape index (κ2) is 6.19. The second-order valence-corrected chi connectivity index (χ2v) is 7.62. The number of amides is 1. The van der Waals surface area contributed by atoms with Gasteiger partial charge in [-0.15, -0.1) is 22.7 Å². The molecule has 0 atom stereocenters. The zero-order valence-electron chi connectivity index (χ0n) is 14.2. The smallest absolute Gasteiger partial charge is 0.282 e. The molecule has 0 aliphatic heterocycles. The van der Waals surface area contributed by atoms with Crippen LogP contribution in [0.2, 0.25) is 0 Å². The minimum absolute atomic E-state index is 0.300. The fourth-order valence-electron chi connectivity index (χ4n) is 2.56. The van der Waals surface area contributed by atoms with Gasteiger partial charge >= 0.3 is 0 Å². The van der Waals surface area contributed by atoms with E-state index in [1.807, 2.05) is 19.1 Å². The molecule has 4 rings (SSSR count). The van der Waals surface area contributed by atoms with Crippen molar-refractivity contribution in [1.29, 1.82) is 0 Å². The third-order valence-electron chi connectivity index (χ3n) is 3.83. The maximum Gasteiger partial charge on any atom is 0.282 e. The SMILES string of the molecule is Cc1ccc(-c2nc(C)c(C(=O)Nn3c(C)nc4sccc4c3=O)s2)o1. The number of rotatable bonds is 3. The Kier molecular flexibility index (Phi) is 3.97. The third-order valence-corrected chi connectivity index (χ3v) is 5.81. The summed E-state index contributed by atoms with van der Waals surface area (Å²) in [6.07, 6.45) is 0. The number of carbonyl (C=O) groups is 1. The van der Waals surface area contributed by atoms with E-state index in [0.29, 0.717) is 37.4 Å². The van der Waals surface area contributed by atoms with Gasteiger partial charge in [0, 0.05) is 0 Å². The minimum Gasteiger partial charge on any atom is -0.459 e. The molecule has 0 aliphatic carbocycles. The van der Waals surface area contributed by atoms with Crippen LogP contribution in [0, 0.1) is 20.8 Å². The van der Waals surface area contributed by atoms with Gasteiger partial charge in [0.05, 0.1) is 11.1 Å². The van der Waals surface area contributed by atoms with Crippen molar-refractivity contribution in [2.45, 2.75) is 20.8 Å². The minimum atomic E-state index is -0.406. The topological polar surface area (TPSA) is 90.0 Å². The first-order chi connectivity index (χ1) is 12.4. The van der Waals surface area contributed by atoms with Crippen molar-refractivity contribution >= 4 is 38.8 Å². The molecule has 0 saturated heterocycles. The molecule has 132 valence electrons. The van der Waals surface area contributed by atoms with Gasteiger partial charge in [-0.3, -0.25) is 15.0 Å².